The largest absolute Gasteiger partial charge is 0.481 e. The van der Waals surface area contributed by atoms with Crippen LogP contribution in [0.15, 0.2) is 24.3 Å². The lowest BCUT2D eigenvalue weighted by Gasteiger charge is -2.15. The summed E-state index contributed by atoms with van der Waals surface area (Å²) in [5, 5.41) is 14.8. The van der Waals surface area contributed by atoms with E-state index in [0.717, 1.165) is 13.0 Å². The van der Waals surface area contributed by atoms with E-state index < -0.39 is 5.97 Å². The Morgan fingerprint density at radius 3 is 2.89 bits per heavy atom. The van der Waals surface area contributed by atoms with E-state index in [1.54, 1.807) is 24.3 Å². The van der Waals surface area contributed by atoms with Crippen LogP contribution in [0.2, 0.25) is 0 Å². The third-order valence-electron chi connectivity index (χ3n) is 3.37. The van der Waals surface area contributed by atoms with Crippen molar-refractivity contribution in [2.75, 3.05) is 11.9 Å². The van der Waals surface area contributed by atoms with Crippen molar-refractivity contribution in [3.8, 4) is 0 Å². The predicted molar refractivity (Wildman–Crippen MR) is 72.0 cm³/mol. The molecule has 1 aromatic rings. The fourth-order valence-corrected chi connectivity index (χ4v) is 2.34. The Bertz CT molecular complexity index is 487. The molecule has 1 aliphatic rings. The number of hydrogen-bond donors (Lipinski definition) is 3. The van der Waals surface area contributed by atoms with Crippen molar-refractivity contribution in [1.29, 1.82) is 0 Å². The Morgan fingerprint density at radius 1 is 1.47 bits per heavy atom. The number of carbonyl (C=O) groups is 2. The van der Waals surface area contributed by atoms with Crippen LogP contribution in [-0.4, -0.2) is 29.6 Å². The number of hydrogen-bond acceptors (Lipinski definition) is 3. The molecule has 3 N–H and O–H groups in total. The summed E-state index contributed by atoms with van der Waals surface area (Å²) in [5.74, 6) is -0.616. The number of anilines is 1. The molecule has 0 aromatic heterocycles. The summed E-state index contributed by atoms with van der Waals surface area (Å²) in [6.45, 7) is 2.91. The number of nitrogens with one attached hydrogen (secondary N) is 2. The van der Waals surface area contributed by atoms with Crippen molar-refractivity contribution in [3.05, 3.63) is 29.8 Å². The predicted octanol–water partition coefficient (Wildman–Crippen LogP) is 1.25. The molecule has 102 valence electrons. The minimum Gasteiger partial charge on any atom is -0.481 e. The zero-order valence-electron chi connectivity index (χ0n) is 10.8. The zero-order chi connectivity index (χ0) is 13.8. The summed E-state index contributed by atoms with van der Waals surface area (Å²) in [4.78, 5) is 22.7. The molecule has 19 heavy (non-hydrogen) atoms. The lowest BCUT2D eigenvalue weighted by Crippen LogP contribution is -2.39. The van der Waals surface area contributed by atoms with Gasteiger partial charge in [0.15, 0.2) is 0 Å². The monoisotopic (exact) mass is 262 g/mol. The van der Waals surface area contributed by atoms with Crippen molar-refractivity contribution >= 4 is 17.6 Å². The Labute approximate surface area is 112 Å². The topological polar surface area (TPSA) is 78.4 Å². The Kier molecular flexibility index (Phi) is 4.16. The van der Waals surface area contributed by atoms with E-state index in [1.807, 2.05) is 6.92 Å². The molecule has 2 rings (SSSR count). The van der Waals surface area contributed by atoms with Crippen molar-refractivity contribution in [2.24, 2.45) is 5.92 Å². The standard InChI is InChI=1S/C14H18N2O3/c1-9-5-6-15-13(9)14(19)16-11-4-2-3-10(7-11)8-12(17)18/h2-4,7,9,13,15H,5-6,8H2,1H3,(H,16,19)(H,17,18). The number of amides is 1. The molecular formula is C14H18N2O3. The highest BCUT2D eigenvalue weighted by Gasteiger charge is 2.29. The number of rotatable bonds is 4. The molecule has 0 saturated carbocycles. The minimum absolute atomic E-state index is 0.0399. The summed E-state index contributed by atoms with van der Waals surface area (Å²) in [6.07, 6.45) is 0.957. The van der Waals surface area contributed by atoms with Crippen LogP contribution in [0.3, 0.4) is 0 Å². The Balaban J connectivity index is 2.02. The molecule has 2 unspecified atom stereocenters. The third kappa shape index (κ3) is 3.54. The van der Waals surface area contributed by atoms with Crippen LogP contribution in [0.1, 0.15) is 18.9 Å². The van der Waals surface area contributed by atoms with Gasteiger partial charge >= 0.3 is 5.97 Å². The maximum absolute atomic E-state index is 12.1. The van der Waals surface area contributed by atoms with Gasteiger partial charge in [0.2, 0.25) is 5.91 Å². The molecule has 1 aromatic carbocycles. The van der Waals surface area contributed by atoms with Crippen LogP contribution in [0.5, 0.6) is 0 Å². The summed E-state index contributed by atoms with van der Waals surface area (Å²) < 4.78 is 0. The fourth-order valence-electron chi connectivity index (χ4n) is 2.34. The van der Waals surface area contributed by atoms with Gasteiger partial charge in [-0.3, -0.25) is 9.59 Å². The number of carboxylic acid groups (broad SMARTS) is 1. The van der Waals surface area contributed by atoms with Crippen LogP contribution >= 0.6 is 0 Å². The molecule has 0 bridgehead atoms. The highest BCUT2D eigenvalue weighted by Crippen LogP contribution is 2.17. The zero-order valence-corrected chi connectivity index (χ0v) is 10.8. The van der Waals surface area contributed by atoms with Crippen LogP contribution < -0.4 is 10.6 Å². The first-order chi connectivity index (χ1) is 9.06. The van der Waals surface area contributed by atoms with E-state index >= 15 is 0 Å². The molecule has 1 aliphatic heterocycles. The van der Waals surface area contributed by atoms with E-state index in [-0.39, 0.29) is 18.4 Å². The molecule has 5 nitrogen and oxygen atoms in total. The maximum Gasteiger partial charge on any atom is 0.307 e. The quantitative estimate of drug-likeness (QED) is 0.763. The Morgan fingerprint density at radius 2 is 2.26 bits per heavy atom. The van der Waals surface area contributed by atoms with Gasteiger partial charge in [0.25, 0.3) is 0 Å². The van der Waals surface area contributed by atoms with Gasteiger partial charge in [-0.1, -0.05) is 19.1 Å². The summed E-state index contributed by atoms with van der Waals surface area (Å²) in [6, 6.07) is 6.79. The van der Waals surface area contributed by atoms with Crippen molar-refractivity contribution in [2.45, 2.75) is 25.8 Å². The number of carboxylic acids is 1. The van der Waals surface area contributed by atoms with Gasteiger partial charge < -0.3 is 15.7 Å². The smallest absolute Gasteiger partial charge is 0.307 e. The molecule has 2 atom stereocenters. The third-order valence-corrected chi connectivity index (χ3v) is 3.37. The first-order valence-corrected chi connectivity index (χ1v) is 6.41. The molecular weight excluding hydrogens is 244 g/mol. The normalized spacial score (nSPS) is 22.2. The van der Waals surface area contributed by atoms with Crippen LogP contribution in [-0.2, 0) is 16.0 Å². The highest BCUT2D eigenvalue weighted by molar-refractivity contribution is 5.95. The maximum atomic E-state index is 12.1. The van der Waals surface area contributed by atoms with E-state index in [0.29, 0.717) is 17.2 Å². The van der Waals surface area contributed by atoms with Gasteiger partial charge in [-0.25, -0.2) is 0 Å². The number of benzene rings is 1. The van der Waals surface area contributed by atoms with Crippen molar-refractivity contribution in [3.63, 3.8) is 0 Å². The molecule has 0 radical (unpaired) electrons. The average Bonchev–Trinajstić information content (AvgIpc) is 2.75. The van der Waals surface area contributed by atoms with Gasteiger partial charge in [-0.2, -0.15) is 0 Å². The molecule has 0 spiro atoms. The van der Waals surface area contributed by atoms with E-state index in [4.69, 9.17) is 5.11 Å². The first-order valence-electron chi connectivity index (χ1n) is 6.41. The Hall–Kier alpha value is -1.88. The molecule has 1 saturated heterocycles. The van der Waals surface area contributed by atoms with Crippen LogP contribution in [0.4, 0.5) is 5.69 Å². The lowest BCUT2D eigenvalue weighted by atomic mass is 10.0. The molecule has 1 fully saturated rings. The summed E-state index contributed by atoms with van der Waals surface area (Å²) >= 11 is 0. The lowest BCUT2D eigenvalue weighted by molar-refractivity contribution is -0.136. The first kappa shape index (κ1) is 13.5. The summed E-state index contributed by atoms with van der Waals surface area (Å²) in [5.41, 5.74) is 1.32. The van der Waals surface area contributed by atoms with Gasteiger partial charge in [0, 0.05) is 5.69 Å². The van der Waals surface area contributed by atoms with Gasteiger partial charge in [0.1, 0.15) is 0 Å². The van der Waals surface area contributed by atoms with E-state index in [2.05, 4.69) is 10.6 Å². The SMILES string of the molecule is CC1CCNC1C(=O)Nc1cccc(CC(=O)O)c1. The number of carbonyl (C=O) groups excluding carboxylic acids is 1. The van der Waals surface area contributed by atoms with Crippen LogP contribution in [0.25, 0.3) is 0 Å². The van der Waals surface area contributed by atoms with E-state index in [1.165, 1.54) is 0 Å². The molecule has 1 heterocycles. The average molecular weight is 262 g/mol. The second-order valence-corrected chi connectivity index (χ2v) is 4.96. The van der Waals surface area contributed by atoms with Gasteiger partial charge in [0.05, 0.1) is 12.5 Å². The molecule has 1 amide bonds. The van der Waals surface area contributed by atoms with E-state index in [9.17, 15) is 9.59 Å². The van der Waals surface area contributed by atoms with Gasteiger partial charge in [-0.05, 0) is 36.6 Å². The van der Waals surface area contributed by atoms with Gasteiger partial charge in [-0.15, -0.1) is 0 Å². The molecule has 0 aliphatic carbocycles. The number of aliphatic carboxylic acids is 1. The minimum atomic E-state index is -0.880. The summed E-state index contributed by atoms with van der Waals surface area (Å²) in [7, 11) is 0. The van der Waals surface area contributed by atoms with Crippen LogP contribution in [0, 0.1) is 5.92 Å². The second-order valence-electron chi connectivity index (χ2n) is 4.96. The molecule has 5 heteroatoms. The van der Waals surface area contributed by atoms with Crippen molar-refractivity contribution < 1.29 is 14.7 Å². The fraction of sp³-hybridized carbons (Fsp3) is 0.429. The van der Waals surface area contributed by atoms with Crippen molar-refractivity contribution in [1.82, 2.24) is 5.32 Å². The second kappa shape index (κ2) is 5.84. The highest BCUT2D eigenvalue weighted by atomic mass is 16.4.